The van der Waals surface area contributed by atoms with Crippen LogP contribution in [-0.4, -0.2) is 11.7 Å². The van der Waals surface area contributed by atoms with E-state index in [0.717, 1.165) is 11.5 Å². The lowest BCUT2D eigenvalue weighted by Crippen LogP contribution is -2.14. The lowest BCUT2D eigenvalue weighted by atomic mass is 10.0. The van der Waals surface area contributed by atoms with E-state index in [0.29, 0.717) is 0 Å². The maximum atomic E-state index is 8.85. The molecule has 2 nitrogen and oxygen atoms in total. The molecule has 1 aromatic carbocycles. The molecule has 1 aromatic rings. The van der Waals surface area contributed by atoms with Crippen molar-refractivity contribution in [1.82, 2.24) is 0 Å². The second kappa shape index (κ2) is 3.48. The molecule has 1 atom stereocenters. The van der Waals surface area contributed by atoms with E-state index in [2.05, 4.69) is 12.1 Å². The molecule has 0 heterocycles. The fourth-order valence-corrected chi connectivity index (χ4v) is 1.54. The lowest BCUT2D eigenvalue weighted by molar-refractivity contribution is 0.268. The number of aliphatic hydroxyl groups is 1. The van der Waals surface area contributed by atoms with Gasteiger partial charge < -0.3 is 10.8 Å². The molecule has 1 saturated carbocycles. The van der Waals surface area contributed by atoms with Crippen molar-refractivity contribution in [3.8, 4) is 0 Å². The fraction of sp³-hybridized carbons (Fsp3) is 0.455. The molecular weight excluding hydrogens is 162 g/mol. The van der Waals surface area contributed by atoms with Crippen LogP contribution in [-0.2, 0) is 0 Å². The van der Waals surface area contributed by atoms with Crippen LogP contribution in [0.5, 0.6) is 0 Å². The first kappa shape index (κ1) is 8.73. The van der Waals surface area contributed by atoms with Crippen LogP contribution in [0.2, 0.25) is 0 Å². The summed E-state index contributed by atoms with van der Waals surface area (Å²) in [7, 11) is 0. The van der Waals surface area contributed by atoms with Crippen LogP contribution >= 0.6 is 0 Å². The molecule has 2 rings (SSSR count). The van der Waals surface area contributed by atoms with Gasteiger partial charge in [-0.15, -0.1) is 0 Å². The van der Waals surface area contributed by atoms with Crippen LogP contribution in [0.4, 0.5) is 0 Å². The molecule has 0 radical (unpaired) electrons. The highest BCUT2D eigenvalue weighted by atomic mass is 16.3. The largest absolute Gasteiger partial charge is 0.394 e. The Morgan fingerprint density at radius 3 is 2.38 bits per heavy atom. The summed E-state index contributed by atoms with van der Waals surface area (Å²) in [6, 6.07) is 8.07. The Morgan fingerprint density at radius 1 is 1.31 bits per heavy atom. The van der Waals surface area contributed by atoms with Crippen molar-refractivity contribution in [3.63, 3.8) is 0 Å². The molecule has 13 heavy (non-hydrogen) atoms. The highest BCUT2D eigenvalue weighted by molar-refractivity contribution is 5.29. The van der Waals surface area contributed by atoms with E-state index in [-0.39, 0.29) is 12.6 Å². The Labute approximate surface area is 78.4 Å². The van der Waals surface area contributed by atoms with E-state index in [9.17, 15) is 0 Å². The number of rotatable bonds is 3. The fourth-order valence-electron chi connectivity index (χ4n) is 1.54. The third kappa shape index (κ3) is 1.90. The summed E-state index contributed by atoms with van der Waals surface area (Å²) < 4.78 is 0. The average molecular weight is 177 g/mol. The zero-order chi connectivity index (χ0) is 9.26. The van der Waals surface area contributed by atoms with Gasteiger partial charge in [-0.05, 0) is 29.9 Å². The number of benzene rings is 1. The molecule has 1 fully saturated rings. The normalized spacial score (nSPS) is 18.6. The molecule has 0 amide bonds. The topological polar surface area (TPSA) is 46.2 Å². The Kier molecular flexibility index (Phi) is 2.34. The molecular formula is C11H15NO. The van der Waals surface area contributed by atoms with Crippen LogP contribution in [0, 0.1) is 0 Å². The average Bonchev–Trinajstić information content (AvgIpc) is 3.00. The van der Waals surface area contributed by atoms with Crippen LogP contribution in [0.25, 0.3) is 0 Å². The molecule has 3 N–H and O–H groups in total. The van der Waals surface area contributed by atoms with Crippen molar-refractivity contribution in [2.45, 2.75) is 24.8 Å². The SMILES string of the molecule is N[C@H](CO)c1ccc(C2CC2)cc1. The first-order valence-electron chi connectivity index (χ1n) is 4.77. The van der Waals surface area contributed by atoms with Crippen LogP contribution < -0.4 is 5.73 Å². The second-order valence-corrected chi connectivity index (χ2v) is 3.73. The van der Waals surface area contributed by atoms with Crippen molar-refractivity contribution in [3.05, 3.63) is 35.4 Å². The summed E-state index contributed by atoms with van der Waals surface area (Å²) in [5.74, 6) is 0.791. The zero-order valence-corrected chi connectivity index (χ0v) is 7.61. The maximum absolute atomic E-state index is 8.85. The van der Waals surface area contributed by atoms with Gasteiger partial charge >= 0.3 is 0 Å². The number of nitrogens with two attached hydrogens (primary N) is 1. The number of hydrogen-bond donors (Lipinski definition) is 2. The molecule has 0 aliphatic heterocycles. The molecule has 0 saturated heterocycles. The Bertz CT molecular complexity index is 277. The predicted molar refractivity (Wildman–Crippen MR) is 52.4 cm³/mol. The van der Waals surface area contributed by atoms with Crippen LogP contribution in [0.3, 0.4) is 0 Å². The summed E-state index contributed by atoms with van der Waals surface area (Å²) in [6.45, 7) is 0.0166. The molecule has 0 spiro atoms. The summed E-state index contributed by atoms with van der Waals surface area (Å²) in [4.78, 5) is 0. The lowest BCUT2D eigenvalue weighted by Gasteiger charge is -2.08. The van der Waals surface area contributed by atoms with E-state index in [1.54, 1.807) is 0 Å². The van der Waals surface area contributed by atoms with Crippen molar-refractivity contribution in [2.24, 2.45) is 5.73 Å². The van der Waals surface area contributed by atoms with Crippen LogP contribution in [0.15, 0.2) is 24.3 Å². The zero-order valence-electron chi connectivity index (χ0n) is 7.61. The predicted octanol–water partition coefficient (Wildman–Crippen LogP) is 1.56. The summed E-state index contributed by atoms with van der Waals surface area (Å²) in [6.07, 6.45) is 2.65. The van der Waals surface area contributed by atoms with Gasteiger partial charge in [-0.2, -0.15) is 0 Å². The van der Waals surface area contributed by atoms with Crippen LogP contribution in [0.1, 0.15) is 35.9 Å². The monoisotopic (exact) mass is 177 g/mol. The minimum absolute atomic E-state index is 0.0166. The standard InChI is InChI=1S/C11H15NO/c12-11(7-13)10-5-3-9(4-6-10)8-1-2-8/h3-6,8,11,13H,1-2,7,12H2/t11-/m1/s1. The Morgan fingerprint density at radius 2 is 1.92 bits per heavy atom. The van der Waals surface area contributed by atoms with Gasteiger partial charge in [0.1, 0.15) is 0 Å². The van der Waals surface area contributed by atoms with E-state index in [1.165, 1.54) is 18.4 Å². The highest BCUT2D eigenvalue weighted by Gasteiger charge is 2.23. The van der Waals surface area contributed by atoms with Gasteiger partial charge in [0, 0.05) is 0 Å². The third-order valence-corrected chi connectivity index (χ3v) is 2.61. The van der Waals surface area contributed by atoms with E-state index in [4.69, 9.17) is 10.8 Å². The quantitative estimate of drug-likeness (QED) is 0.736. The summed E-state index contributed by atoms with van der Waals surface area (Å²) in [5.41, 5.74) is 8.12. The third-order valence-electron chi connectivity index (χ3n) is 2.61. The van der Waals surface area contributed by atoms with Crippen molar-refractivity contribution >= 4 is 0 Å². The highest BCUT2D eigenvalue weighted by Crippen LogP contribution is 2.40. The molecule has 1 aliphatic rings. The molecule has 2 heteroatoms. The molecule has 1 aliphatic carbocycles. The van der Waals surface area contributed by atoms with Gasteiger partial charge in [-0.25, -0.2) is 0 Å². The van der Waals surface area contributed by atoms with Crippen molar-refractivity contribution in [1.29, 1.82) is 0 Å². The Balaban J connectivity index is 2.12. The second-order valence-electron chi connectivity index (χ2n) is 3.73. The van der Waals surface area contributed by atoms with Gasteiger partial charge in [0.05, 0.1) is 12.6 Å². The minimum atomic E-state index is -0.228. The van der Waals surface area contributed by atoms with Crippen molar-refractivity contribution in [2.75, 3.05) is 6.61 Å². The van der Waals surface area contributed by atoms with Gasteiger partial charge in [-0.3, -0.25) is 0 Å². The van der Waals surface area contributed by atoms with E-state index in [1.807, 2.05) is 12.1 Å². The number of aliphatic hydroxyl groups excluding tert-OH is 1. The van der Waals surface area contributed by atoms with Gasteiger partial charge in [0.2, 0.25) is 0 Å². The van der Waals surface area contributed by atoms with E-state index < -0.39 is 0 Å². The van der Waals surface area contributed by atoms with Gasteiger partial charge in [0.15, 0.2) is 0 Å². The summed E-state index contributed by atoms with van der Waals surface area (Å²) in [5, 5.41) is 8.85. The smallest absolute Gasteiger partial charge is 0.0624 e. The van der Waals surface area contributed by atoms with E-state index >= 15 is 0 Å². The molecule has 0 aromatic heterocycles. The minimum Gasteiger partial charge on any atom is -0.394 e. The number of hydrogen-bond acceptors (Lipinski definition) is 2. The van der Waals surface area contributed by atoms with Crippen molar-refractivity contribution < 1.29 is 5.11 Å². The Hall–Kier alpha value is -0.860. The first-order valence-corrected chi connectivity index (χ1v) is 4.77. The van der Waals surface area contributed by atoms with Gasteiger partial charge in [-0.1, -0.05) is 24.3 Å². The maximum Gasteiger partial charge on any atom is 0.0624 e. The van der Waals surface area contributed by atoms with Gasteiger partial charge in [0.25, 0.3) is 0 Å². The first-order chi connectivity index (χ1) is 6.31. The summed E-state index contributed by atoms with van der Waals surface area (Å²) >= 11 is 0. The molecule has 70 valence electrons. The molecule has 0 bridgehead atoms. The molecule has 0 unspecified atom stereocenters.